The van der Waals surface area contributed by atoms with Crippen molar-refractivity contribution in [2.75, 3.05) is 11.4 Å². The van der Waals surface area contributed by atoms with Crippen LogP contribution in [-0.4, -0.2) is 33.6 Å². The fourth-order valence-electron chi connectivity index (χ4n) is 2.36. The third kappa shape index (κ3) is 2.82. The van der Waals surface area contributed by atoms with Gasteiger partial charge in [-0.2, -0.15) is 0 Å². The second-order valence-electron chi connectivity index (χ2n) is 4.93. The van der Waals surface area contributed by atoms with E-state index >= 15 is 0 Å². The Morgan fingerprint density at radius 1 is 1.65 bits per heavy atom. The zero-order valence-electron chi connectivity index (χ0n) is 10.8. The van der Waals surface area contributed by atoms with Gasteiger partial charge in [0, 0.05) is 12.6 Å². The van der Waals surface area contributed by atoms with Crippen LogP contribution in [0.1, 0.15) is 19.8 Å². The fourth-order valence-corrected chi connectivity index (χ4v) is 2.63. The lowest BCUT2D eigenvalue weighted by atomic mass is 9.92. The van der Waals surface area contributed by atoms with E-state index in [1.54, 1.807) is 4.90 Å². The third-order valence-electron chi connectivity index (χ3n) is 3.44. The summed E-state index contributed by atoms with van der Waals surface area (Å²) in [7, 11) is 0. The lowest BCUT2D eigenvalue weighted by Crippen LogP contribution is -2.47. The minimum Gasteiger partial charge on any atom is -0.480 e. The number of hydrogen-bond donors (Lipinski definition) is 1. The second-order valence-corrected chi connectivity index (χ2v) is 5.34. The standard InChI is InChI=1S/C12H14ClN3O4/c1-7-2-3-15(10(4-7)12(17)18)11-9(13)5-8(6-14-11)16(19)20/h5-7,10H,2-4H2,1H3,(H,17,18). The number of halogens is 1. The molecule has 0 amide bonds. The molecule has 2 atom stereocenters. The number of pyridine rings is 1. The molecule has 0 bridgehead atoms. The highest BCUT2D eigenvalue weighted by atomic mass is 35.5. The molecule has 0 aliphatic carbocycles. The molecular weight excluding hydrogens is 286 g/mol. The van der Waals surface area contributed by atoms with E-state index in [-0.39, 0.29) is 16.5 Å². The number of nitrogens with zero attached hydrogens (tertiary/aromatic N) is 3. The summed E-state index contributed by atoms with van der Waals surface area (Å²) in [5.41, 5.74) is -0.212. The van der Waals surface area contributed by atoms with Crippen LogP contribution in [0.15, 0.2) is 12.3 Å². The molecule has 2 heterocycles. The largest absolute Gasteiger partial charge is 0.480 e. The Bertz CT molecular complexity index is 552. The summed E-state index contributed by atoms with van der Waals surface area (Å²) in [6, 6.07) is 0.492. The Morgan fingerprint density at radius 3 is 2.90 bits per heavy atom. The van der Waals surface area contributed by atoms with Crippen LogP contribution in [0, 0.1) is 16.0 Å². The number of hydrogen-bond acceptors (Lipinski definition) is 5. The Labute approximate surface area is 120 Å². The first kappa shape index (κ1) is 14.5. The molecule has 7 nitrogen and oxygen atoms in total. The van der Waals surface area contributed by atoms with Gasteiger partial charge in [0.15, 0.2) is 0 Å². The maximum absolute atomic E-state index is 11.3. The van der Waals surface area contributed by atoms with E-state index in [0.29, 0.717) is 18.9 Å². The summed E-state index contributed by atoms with van der Waals surface area (Å²) < 4.78 is 0. The minimum atomic E-state index is -0.937. The molecule has 1 aromatic heterocycles. The Kier molecular flexibility index (Phi) is 4.08. The average Bonchev–Trinajstić information content (AvgIpc) is 2.38. The molecule has 1 saturated heterocycles. The molecule has 8 heteroatoms. The number of anilines is 1. The van der Waals surface area contributed by atoms with Gasteiger partial charge in [0.25, 0.3) is 5.69 Å². The van der Waals surface area contributed by atoms with E-state index < -0.39 is 16.9 Å². The molecular formula is C12H14ClN3O4. The van der Waals surface area contributed by atoms with Gasteiger partial charge >= 0.3 is 5.97 Å². The first-order chi connectivity index (χ1) is 9.40. The van der Waals surface area contributed by atoms with E-state index in [4.69, 9.17) is 11.6 Å². The van der Waals surface area contributed by atoms with Crippen molar-refractivity contribution < 1.29 is 14.8 Å². The van der Waals surface area contributed by atoms with Gasteiger partial charge in [-0.15, -0.1) is 0 Å². The maximum Gasteiger partial charge on any atom is 0.326 e. The van der Waals surface area contributed by atoms with Crippen LogP contribution < -0.4 is 4.90 Å². The van der Waals surface area contributed by atoms with E-state index in [2.05, 4.69) is 4.98 Å². The third-order valence-corrected chi connectivity index (χ3v) is 3.72. The van der Waals surface area contributed by atoms with Gasteiger partial charge in [-0.05, 0) is 18.8 Å². The Balaban J connectivity index is 2.34. The molecule has 1 fully saturated rings. The van der Waals surface area contributed by atoms with Gasteiger partial charge in [-0.3, -0.25) is 10.1 Å². The molecule has 2 unspecified atom stereocenters. The van der Waals surface area contributed by atoms with Crippen molar-refractivity contribution in [2.45, 2.75) is 25.8 Å². The Hall–Kier alpha value is -1.89. The van der Waals surface area contributed by atoms with Crippen molar-refractivity contribution in [3.05, 3.63) is 27.4 Å². The SMILES string of the molecule is CC1CCN(c2ncc([N+](=O)[O-])cc2Cl)C(C(=O)O)C1. The van der Waals surface area contributed by atoms with Crippen LogP contribution >= 0.6 is 11.6 Å². The number of carboxylic acids is 1. The summed E-state index contributed by atoms with van der Waals surface area (Å²) in [6.45, 7) is 2.51. The van der Waals surface area contributed by atoms with Crippen molar-refractivity contribution in [1.82, 2.24) is 4.98 Å². The molecule has 1 aliphatic heterocycles. The number of carboxylic acid groups (broad SMARTS) is 1. The summed E-state index contributed by atoms with van der Waals surface area (Å²) in [6.07, 6.45) is 2.43. The lowest BCUT2D eigenvalue weighted by Gasteiger charge is -2.37. The number of aromatic nitrogens is 1. The van der Waals surface area contributed by atoms with Crippen LogP contribution in [0.5, 0.6) is 0 Å². The molecule has 0 spiro atoms. The maximum atomic E-state index is 11.3. The predicted molar refractivity (Wildman–Crippen MR) is 73.1 cm³/mol. The minimum absolute atomic E-state index is 0.0972. The van der Waals surface area contributed by atoms with Crippen molar-refractivity contribution in [3.8, 4) is 0 Å². The summed E-state index contributed by atoms with van der Waals surface area (Å²) in [5.74, 6) is -0.339. The van der Waals surface area contributed by atoms with Gasteiger partial charge in [0.2, 0.25) is 0 Å². The number of aliphatic carboxylic acids is 1. The predicted octanol–water partition coefficient (Wildman–Crippen LogP) is 2.33. The molecule has 1 aromatic rings. The molecule has 1 aliphatic rings. The normalized spacial score (nSPS) is 22.6. The number of carbonyl (C=O) groups is 1. The van der Waals surface area contributed by atoms with Crippen LogP contribution in [0.2, 0.25) is 5.02 Å². The van der Waals surface area contributed by atoms with Crippen molar-refractivity contribution in [1.29, 1.82) is 0 Å². The first-order valence-electron chi connectivity index (χ1n) is 6.19. The molecule has 0 aromatic carbocycles. The van der Waals surface area contributed by atoms with E-state index in [9.17, 15) is 20.0 Å². The molecule has 20 heavy (non-hydrogen) atoms. The van der Waals surface area contributed by atoms with Crippen molar-refractivity contribution in [2.24, 2.45) is 5.92 Å². The van der Waals surface area contributed by atoms with Gasteiger partial charge in [0.05, 0.1) is 9.95 Å². The molecule has 108 valence electrons. The van der Waals surface area contributed by atoms with Gasteiger partial charge in [-0.1, -0.05) is 18.5 Å². The average molecular weight is 300 g/mol. The van der Waals surface area contributed by atoms with Crippen molar-refractivity contribution in [3.63, 3.8) is 0 Å². The zero-order valence-corrected chi connectivity index (χ0v) is 11.6. The van der Waals surface area contributed by atoms with E-state index in [1.807, 2.05) is 6.92 Å². The Morgan fingerprint density at radius 2 is 2.35 bits per heavy atom. The zero-order chi connectivity index (χ0) is 14.9. The van der Waals surface area contributed by atoms with Crippen LogP contribution in [0.3, 0.4) is 0 Å². The number of piperidine rings is 1. The number of rotatable bonds is 3. The van der Waals surface area contributed by atoms with Crippen LogP contribution in [-0.2, 0) is 4.79 Å². The van der Waals surface area contributed by atoms with Crippen molar-refractivity contribution >= 4 is 29.1 Å². The summed E-state index contributed by atoms with van der Waals surface area (Å²) in [4.78, 5) is 27.0. The van der Waals surface area contributed by atoms with Gasteiger partial charge in [-0.25, -0.2) is 9.78 Å². The molecule has 1 N–H and O–H groups in total. The van der Waals surface area contributed by atoms with Gasteiger partial charge < -0.3 is 10.0 Å². The van der Waals surface area contributed by atoms with Gasteiger partial charge in [0.1, 0.15) is 18.1 Å². The monoisotopic (exact) mass is 299 g/mol. The quantitative estimate of drug-likeness (QED) is 0.679. The smallest absolute Gasteiger partial charge is 0.326 e. The first-order valence-corrected chi connectivity index (χ1v) is 6.57. The molecule has 0 radical (unpaired) electrons. The van der Waals surface area contributed by atoms with E-state index in [1.165, 1.54) is 6.07 Å². The number of nitro groups is 1. The second kappa shape index (κ2) is 5.62. The highest BCUT2D eigenvalue weighted by Gasteiger charge is 2.33. The fraction of sp³-hybridized carbons (Fsp3) is 0.500. The highest BCUT2D eigenvalue weighted by Crippen LogP contribution is 2.33. The lowest BCUT2D eigenvalue weighted by molar-refractivity contribution is -0.385. The van der Waals surface area contributed by atoms with E-state index in [0.717, 1.165) is 12.6 Å². The summed E-state index contributed by atoms with van der Waals surface area (Å²) in [5, 5.41) is 20.1. The highest BCUT2D eigenvalue weighted by molar-refractivity contribution is 6.33. The topological polar surface area (TPSA) is 96.6 Å². The van der Waals surface area contributed by atoms with Crippen LogP contribution in [0.25, 0.3) is 0 Å². The van der Waals surface area contributed by atoms with Crippen LogP contribution in [0.4, 0.5) is 11.5 Å². The molecule has 0 saturated carbocycles. The summed E-state index contributed by atoms with van der Waals surface area (Å²) >= 11 is 6.01. The molecule has 2 rings (SSSR count).